The van der Waals surface area contributed by atoms with E-state index in [4.69, 9.17) is 5.11 Å². The first-order chi connectivity index (χ1) is 10.2. The molecule has 2 fully saturated rings. The molecule has 0 heterocycles. The van der Waals surface area contributed by atoms with Crippen molar-refractivity contribution in [1.82, 2.24) is 10.6 Å². The van der Waals surface area contributed by atoms with Crippen molar-refractivity contribution in [2.75, 3.05) is 6.54 Å². The normalized spacial score (nSPS) is 31.6. The topological polar surface area (TPSA) is 61.4 Å². The first-order valence-electron chi connectivity index (χ1n) is 8.00. The highest BCUT2D eigenvalue weighted by molar-refractivity contribution is 5.64. The third-order valence-electron chi connectivity index (χ3n) is 4.86. The van der Waals surface area contributed by atoms with Crippen molar-refractivity contribution in [3.63, 3.8) is 0 Å². The summed E-state index contributed by atoms with van der Waals surface area (Å²) in [5.74, 6) is 1.39. The second kappa shape index (κ2) is 6.48. The Morgan fingerprint density at radius 1 is 1.14 bits per heavy atom. The van der Waals surface area contributed by atoms with Gasteiger partial charge in [-0.3, -0.25) is 0 Å². The quantitative estimate of drug-likeness (QED) is 0.780. The summed E-state index contributed by atoms with van der Waals surface area (Å²) in [4.78, 5) is 10.6. The van der Waals surface area contributed by atoms with Gasteiger partial charge in [0.25, 0.3) is 0 Å². The fourth-order valence-corrected chi connectivity index (χ4v) is 3.49. The Morgan fingerprint density at radius 3 is 2.52 bits per heavy atom. The van der Waals surface area contributed by atoms with Gasteiger partial charge in [0, 0.05) is 18.0 Å². The summed E-state index contributed by atoms with van der Waals surface area (Å²) in [6, 6.07) is 11.5. The lowest BCUT2D eigenvalue weighted by atomic mass is 9.86. The first kappa shape index (κ1) is 14.4. The van der Waals surface area contributed by atoms with Gasteiger partial charge in [0.15, 0.2) is 0 Å². The van der Waals surface area contributed by atoms with Crippen LogP contribution in [0, 0.1) is 5.92 Å². The van der Waals surface area contributed by atoms with E-state index in [1.807, 2.05) is 0 Å². The van der Waals surface area contributed by atoms with Gasteiger partial charge < -0.3 is 15.7 Å². The van der Waals surface area contributed by atoms with Crippen LogP contribution in [0.25, 0.3) is 0 Å². The van der Waals surface area contributed by atoms with Gasteiger partial charge in [-0.05, 0) is 50.1 Å². The molecule has 3 N–H and O–H groups in total. The molecule has 0 aliphatic heterocycles. The number of amides is 1. The van der Waals surface area contributed by atoms with Gasteiger partial charge in [0.1, 0.15) is 0 Å². The second-order valence-corrected chi connectivity index (χ2v) is 6.43. The molecule has 3 rings (SSSR count). The Kier molecular flexibility index (Phi) is 4.44. The fourth-order valence-electron chi connectivity index (χ4n) is 3.49. The molecule has 2 aliphatic rings. The molecule has 4 nitrogen and oxygen atoms in total. The van der Waals surface area contributed by atoms with Crippen LogP contribution in [0.5, 0.6) is 0 Å². The molecule has 1 amide bonds. The minimum Gasteiger partial charge on any atom is -0.465 e. The average Bonchev–Trinajstić information content (AvgIpc) is 3.27. The summed E-state index contributed by atoms with van der Waals surface area (Å²) < 4.78 is 0. The van der Waals surface area contributed by atoms with Crippen LogP contribution in [0.1, 0.15) is 43.6 Å². The van der Waals surface area contributed by atoms with Gasteiger partial charge in [0.05, 0.1) is 0 Å². The van der Waals surface area contributed by atoms with Gasteiger partial charge in [-0.1, -0.05) is 30.3 Å². The van der Waals surface area contributed by atoms with E-state index in [0.717, 1.165) is 32.2 Å². The summed E-state index contributed by atoms with van der Waals surface area (Å²) >= 11 is 0. The minimum absolute atomic E-state index is 0.164. The van der Waals surface area contributed by atoms with Crippen molar-refractivity contribution in [2.24, 2.45) is 5.92 Å². The zero-order valence-electron chi connectivity index (χ0n) is 12.3. The van der Waals surface area contributed by atoms with E-state index in [2.05, 4.69) is 41.0 Å². The molecule has 0 aromatic heterocycles. The van der Waals surface area contributed by atoms with E-state index in [0.29, 0.717) is 17.9 Å². The molecule has 114 valence electrons. The molecule has 0 radical (unpaired) electrons. The fraction of sp³-hybridized carbons (Fsp3) is 0.588. The van der Waals surface area contributed by atoms with Crippen LogP contribution in [0.2, 0.25) is 0 Å². The Balaban J connectivity index is 1.35. The van der Waals surface area contributed by atoms with Gasteiger partial charge >= 0.3 is 6.09 Å². The monoisotopic (exact) mass is 288 g/mol. The third-order valence-corrected chi connectivity index (χ3v) is 4.86. The Hall–Kier alpha value is -1.55. The van der Waals surface area contributed by atoms with E-state index in [1.165, 1.54) is 12.0 Å². The Labute approximate surface area is 125 Å². The van der Waals surface area contributed by atoms with E-state index in [9.17, 15) is 4.79 Å². The molecule has 0 bridgehead atoms. The van der Waals surface area contributed by atoms with Crippen LogP contribution >= 0.6 is 0 Å². The zero-order valence-corrected chi connectivity index (χ0v) is 12.3. The highest BCUT2D eigenvalue weighted by Gasteiger charge is 2.38. The minimum atomic E-state index is -0.889. The Morgan fingerprint density at radius 2 is 1.86 bits per heavy atom. The lowest BCUT2D eigenvalue weighted by Crippen LogP contribution is -2.38. The molecule has 1 aromatic carbocycles. The van der Waals surface area contributed by atoms with Crippen LogP contribution in [-0.4, -0.2) is 29.8 Å². The predicted molar refractivity (Wildman–Crippen MR) is 82.5 cm³/mol. The van der Waals surface area contributed by atoms with Crippen LogP contribution < -0.4 is 10.6 Å². The highest BCUT2D eigenvalue weighted by atomic mass is 16.4. The maximum atomic E-state index is 10.6. The van der Waals surface area contributed by atoms with Crippen molar-refractivity contribution in [3.8, 4) is 0 Å². The van der Waals surface area contributed by atoms with Crippen molar-refractivity contribution in [1.29, 1.82) is 0 Å². The van der Waals surface area contributed by atoms with Gasteiger partial charge in [-0.2, -0.15) is 0 Å². The zero-order chi connectivity index (χ0) is 14.7. The number of hydrogen-bond acceptors (Lipinski definition) is 2. The van der Waals surface area contributed by atoms with E-state index < -0.39 is 6.09 Å². The number of carboxylic acid groups (broad SMARTS) is 1. The van der Waals surface area contributed by atoms with Crippen LogP contribution in [0.4, 0.5) is 4.79 Å². The Bertz CT molecular complexity index is 469. The smallest absolute Gasteiger partial charge is 0.404 e. The summed E-state index contributed by atoms with van der Waals surface area (Å²) in [6.45, 7) is 1.08. The van der Waals surface area contributed by atoms with Crippen molar-refractivity contribution >= 4 is 6.09 Å². The number of rotatable bonds is 5. The first-order valence-corrected chi connectivity index (χ1v) is 8.00. The number of hydrogen-bond donors (Lipinski definition) is 3. The molecular weight excluding hydrogens is 264 g/mol. The molecule has 2 aliphatic carbocycles. The largest absolute Gasteiger partial charge is 0.465 e. The number of benzene rings is 1. The maximum absolute atomic E-state index is 10.6. The van der Waals surface area contributed by atoms with E-state index in [1.54, 1.807) is 0 Å². The maximum Gasteiger partial charge on any atom is 0.404 e. The van der Waals surface area contributed by atoms with Crippen molar-refractivity contribution in [3.05, 3.63) is 35.9 Å². The third kappa shape index (κ3) is 3.97. The van der Waals surface area contributed by atoms with Crippen molar-refractivity contribution < 1.29 is 9.90 Å². The summed E-state index contributed by atoms with van der Waals surface area (Å²) in [5.41, 5.74) is 1.45. The van der Waals surface area contributed by atoms with Crippen LogP contribution in [0.15, 0.2) is 30.3 Å². The van der Waals surface area contributed by atoms with Gasteiger partial charge in [-0.15, -0.1) is 0 Å². The molecule has 1 aromatic rings. The molecule has 2 atom stereocenters. The molecule has 4 heteroatoms. The SMILES string of the molecule is O=C(O)N[C@H]1CC[C@H](CN[C@@H]2C[C@H]2c2ccccc2)CC1. The van der Waals surface area contributed by atoms with Crippen LogP contribution in [-0.2, 0) is 0 Å². The van der Waals surface area contributed by atoms with E-state index >= 15 is 0 Å². The lowest BCUT2D eigenvalue weighted by Gasteiger charge is -2.28. The van der Waals surface area contributed by atoms with Gasteiger partial charge in [-0.25, -0.2) is 4.79 Å². The lowest BCUT2D eigenvalue weighted by molar-refractivity contribution is 0.182. The summed E-state index contributed by atoms with van der Waals surface area (Å²) in [7, 11) is 0. The van der Waals surface area contributed by atoms with Crippen LogP contribution in [0.3, 0.4) is 0 Å². The molecule has 2 saturated carbocycles. The second-order valence-electron chi connectivity index (χ2n) is 6.43. The molecule has 0 saturated heterocycles. The number of nitrogens with one attached hydrogen (secondary N) is 2. The molecule has 21 heavy (non-hydrogen) atoms. The van der Waals surface area contributed by atoms with E-state index in [-0.39, 0.29) is 6.04 Å². The summed E-state index contributed by atoms with van der Waals surface area (Å²) in [5, 5.41) is 15.0. The highest BCUT2D eigenvalue weighted by Crippen LogP contribution is 2.40. The molecule has 0 unspecified atom stereocenters. The summed E-state index contributed by atoms with van der Waals surface area (Å²) in [6.07, 6.45) is 4.57. The average molecular weight is 288 g/mol. The molecular formula is C17H24N2O2. The van der Waals surface area contributed by atoms with Crippen molar-refractivity contribution in [2.45, 2.75) is 50.1 Å². The molecule has 0 spiro atoms. The predicted octanol–water partition coefficient (Wildman–Crippen LogP) is 2.96. The number of carbonyl (C=O) groups is 1. The van der Waals surface area contributed by atoms with Gasteiger partial charge in [0.2, 0.25) is 0 Å². The standard InChI is InChI=1S/C17H24N2O2/c20-17(21)19-14-8-6-12(7-9-14)11-18-16-10-15(16)13-4-2-1-3-5-13/h1-5,12,14-16,18-19H,6-11H2,(H,20,21)/t12-,14-,15-,16+/m0/s1.